The van der Waals surface area contributed by atoms with Crippen molar-refractivity contribution in [2.24, 2.45) is 0 Å². The number of hydrogen-bond acceptors (Lipinski definition) is 5. The number of nitrogens with zero attached hydrogens (tertiary/aromatic N) is 1. The van der Waals surface area contributed by atoms with Crippen molar-refractivity contribution in [1.82, 2.24) is 5.16 Å². The van der Waals surface area contributed by atoms with Crippen LogP contribution < -0.4 is 0 Å². The fourth-order valence-corrected chi connectivity index (χ4v) is 1.91. The molecule has 1 aromatic carbocycles. The van der Waals surface area contributed by atoms with Crippen LogP contribution in [0.25, 0.3) is 11.3 Å². The fraction of sp³-hybridized carbons (Fsp3) is 0.312. The lowest BCUT2D eigenvalue weighted by Gasteiger charge is -2.19. The molecule has 0 saturated heterocycles. The van der Waals surface area contributed by atoms with Crippen LogP contribution in [0, 0.1) is 6.92 Å². The van der Waals surface area contributed by atoms with Gasteiger partial charge in [0.15, 0.2) is 0 Å². The maximum Gasteiger partial charge on any atom is 0.344 e. The van der Waals surface area contributed by atoms with E-state index < -0.39 is 17.5 Å². The molecule has 0 bridgehead atoms. The fourth-order valence-electron chi connectivity index (χ4n) is 1.91. The van der Waals surface area contributed by atoms with Gasteiger partial charge in [0, 0.05) is 5.56 Å². The highest BCUT2D eigenvalue weighted by atomic mass is 16.6. The van der Waals surface area contributed by atoms with Crippen molar-refractivity contribution in [3.05, 3.63) is 41.2 Å². The van der Waals surface area contributed by atoms with Gasteiger partial charge in [-0.2, -0.15) is 0 Å². The first-order valence-electron chi connectivity index (χ1n) is 6.72. The quantitative estimate of drug-likeness (QED) is 0.875. The number of carbonyl (C=O) groups is 2. The number of carboxylic acid groups (broad SMARTS) is 1. The minimum atomic E-state index is -1.02. The van der Waals surface area contributed by atoms with Gasteiger partial charge in [-0.15, -0.1) is 0 Å². The SMILES string of the molecule is Cc1onc(-c2ccc(C(=O)O)cc2)c1C(=O)OC(C)(C)C. The highest BCUT2D eigenvalue weighted by Gasteiger charge is 2.26. The summed E-state index contributed by atoms with van der Waals surface area (Å²) in [7, 11) is 0. The Morgan fingerprint density at radius 2 is 1.77 bits per heavy atom. The summed E-state index contributed by atoms with van der Waals surface area (Å²) < 4.78 is 10.5. The molecule has 1 aromatic heterocycles. The molecule has 0 unspecified atom stereocenters. The van der Waals surface area contributed by atoms with E-state index in [4.69, 9.17) is 14.4 Å². The Kier molecular flexibility index (Phi) is 4.03. The van der Waals surface area contributed by atoms with Crippen molar-refractivity contribution < 1.29 is 24.0 Å². The number of rotatable bonds is 3. The molecule has 0 amide bonds. The number of ether oxygens (including phenoxy) is 1. The normalized spacial score (nSPS) is 11.3. The second-order valence-electron chi connectivity index (χ2n) is 5.85. The molecular formula is C16H17NO5. The van der Waals surface area contributed by atoms with Crippen molar-refractivity contribution >= 4 is 11.9 Å². The molecule has 0 aliphatic carbocycles. The van der Waals surface area contributed by atoms with Gasteiger partial charge in [-0.05, 0) is 39.8 Å². The third-order valence-electron chi connectivity index (χ3n) is 2.87. The van der Waals surface area contributed by atoms with Gasteiger partial charge in [-0.25, -0.2) is 9.59 Å². The van der Waals surface area contributed by atoms with Gasteiger partial charge < -0.3 is 14.4 Å². The molecule has 116 valence electrons. The van der Waals surface area contributed by atoms with Gasteiger partial charge in [0.05, 0.1) is 5.56 Å². The number of carboxylic acids is 1. The van der Waals surface area contributed by atoms with Crippen LogP contribution in [-0.4, -0.2) is 27.8 Å². The largest absolute Gasteiger partial charge is 0.478 e. The molecule has 0 fully saturated rings. The lowest BCUT2D eigenvalue weighted by atomic mass is 10.0. The topological polar surface area (TPSA) is 89.6 Å². The Balaban J connectivity index is 2.41. The minimum Gasteiger partial charge on any atom is -0.478 e. The second-order valence-corrected chi connectivity index (χ2v) is 5.85. The zero-order valence-corrected chi connectivity index (χ0v) is 12.8. The predicted octanol–water partition coefficient (Wildman–Crippen LogP) is 3.30. The van der Waals surface area contributed by atoms with Gasteiger partial charge in [0.2, 0.25) is 0 Å². The Morgan fingerprint density at radius 1 is 1.18 bits per heavy atom. The maximum atomic E-state index is 12.3. The van der Waals surface area contributed by atoms with Crippen LogP contribution in [0.5, 0.6) is 0 Å². The van der Waals surface area contributed by atoms with E-state index in [0.29, 0.717) is 17.0 Å². The first-order valence-corrected chi connectivity index (χ1v) is 6.72. The lowest BCUT2D eigenvalue weighted by Crippen LogP contribution is -2.24. The third kappa shape index (κ3) is 3.33. The summed E-state index contributed by atoms with van der Waals surface area (Å²) >= 11 is 0. The van der Waals surface area contributed by atoms with Gasteiger partial charge in [0.25, 0.3) is 0 Å². The van der Waals surface area contributed by atoms with Crippen molar-refractivity contribution in [1.29, 1.82) is 0 Å². The number of benzene rings is 1. The smallest absolute Gasteiger partial charge is 0.344 e. The number of hydrogen-bond donors (Lipinski definition) is 1. The van der Waals surface area contributed by atoms with E-state index in [2.05, 4.69) is 5.16 Å². The zero-order valence-electron chi connectivity index (χ0n) is 12.8. The molecule has 0 radical (unpaired) electrons. The van der Waals surface area contributed by atoms with Gasteiger partial charge in [-0.1, -0.05) is 17.3 Å². The van der Waals surface area contributed by atoms with Gasteiger partial charge in [-0.3, -0.25) is 0 Å². The third-order valence-corrected chi connectivity index (χ3v) is 2.87. The molecule has 22 heavy (non-hydrogen) atoms. The van der Waals surface area contributed by atoms with Gasteiger partial charge in [0.1, 0.15) is 22.6 Å². The van der Waals surface area contributed by atoms with Crippen molar-refractivity contribution in [3.63, 3.8) is 0 Å². The van der Waals surface area contributed by atoms with E-state index in [-0.39, 0.29) is 11.1 Å². The Labute approximate surface area is 127 Å². The standard InChI is InChI=1S/C16H17NO5/c1-9-12(15(20)21-16(2,3)4)13(17-22-9)10-5-7-11(8-6-10)14(18)19/h5-8H,1-4H3,(H,18,19). The lowest BCUT2D eigenvalue weighted by molar-refractivity contribution is 0.00684. The molecule has 0 aliphatic rings. The summed E-state index contributed by atoms with van der Waals surface area (Å²) in [4.78, 5) is 23.2. The number of aromatic carboxylic acids is 1. The first-order chi connectivity index (χ1) is 10.2. The Bertz CT molecular complexity index is 707. The number of aromatic nitrogens is 1. The average molecular weight is 303 g/mol. The summed E-state index contributed by atoms with van der Waals surface area (Å²) in [6, 6.07) is 6.05. The second kappa shape index (κ2) is 5.63. The van der Waals surface area contributed by atoms with Crippen LogP contribution in [0.4, 0.5) is 0 Å². The molecule has 2 rings (SSSR count). The van der Waals surface area contributed by atoms with Crippen LogP contribution >= 0.6 is 0 Å². The maximum absolute atomic E-state index is 12.3. The molecule has 0 atom stereocenters. The van der Waals surface area contributed by atoms with E-state index in [1.54, 1.807) is 39.8 Å². The first kappa shape index (κ1) is 15.8. The summed E-state index contributed by atoms with van der Waals surface area (Å²) in [6.07, 6.45) is 0. The van der Waals surface area contributed by atoms with Crippen LogP contribution in [0.3, 0.4) is 0 Å². The Hall–Kier alpha value is -2.63. The van der Waals surface area contributed by atoms with E-state index in [1.807, 2.05) is 0 Å². The monoisotopic (exact) mass is 303 g/mol. The van der Waals surface area contributed by atoms with Gasteiger partial charge >= 0.3 is 11.9 Å². The molecule has 1 heterocycles. The van der Waals surface area contributed by atoms with Crippen LogP contribution in [-0.2, 0) is 4.74 Å². The highest BCUT2D eigenvalue weighted by Crippen LogP contribution is 2.27. The number of carbonyl (C=O) groups excluding carboxylic acids is 1. The van der Waals surface area contributed by atoms with Crippen molar-refractivity contribution in [3.8, 4) is 11.3 Å². The summed E-state index contributed by atoms with van der Waals surface area (Å²) in [5.41, 5.74) is 0.692. The predicted molar refractivity (Wildman–Crippen MR) is 78.8 cm³/mol. The zero-order chi connectivity index (χ0) is 16.5. The van der Waals surface area contributed by atoms with E-state index in [0.717, 1.165) is 0 Å². The van der Waals surface area contributed by atoms with Crippen LogP contribution in [0.2, 0.25) is 0 Å². The summed E-state index contributed by atoms with van der Waals surface area (Å²) in [5.74, 6) is -1.19. The molecule has 2 aromatic rings. The average Bonchev–Trinajstić information content (AvgIpc) is 2.79. The van der Waals surface area contributed by atoms with Crippen LogP contribution in [0.15, 0.2) is 28.8 Å². The molecule has 6 nitrogen and oxygen atoms in total. The molecule has 0 spiro atoms. The minimum absolute atomic E-state index is 0.155. The molecule has 0 aliphatic heterocycles. The Morgan fingerprint density at radius 3 is 2.27 bits per heavy atom. The highest BCUT2D eigenvalue weighted by molar-refractivity contribution is 5.97. The van der Waals surface area contributed by atoms with E-state index in [1.165, 1.54) is 12.1 Å². The molecule has 6 heteroatoms. The number of aryl methyl sites for hydroxylation is 1. The molecule has 1 N–H and O–H groups in total. The molecule has 0 saturated carbocycles. The van der Waals surface area contributed by atoms with Crippen LogP contribution in [0.1, 0.15) is 47.2 Å². The van der Waals surface area contributed by atoms with Crippen molar-refractivity contribution in [2.75, 3.05) is 0 Å². The number of esters is 1. The van der Waals surface area contributed by atoms with E-state index >= 15 is 0 Å². The van der Waals surface area contributed by atoms with E-state index in [9.17, 15) is 9.59 Å². The summed E-state index contributed by atoms with van der Waals surface area (Å²) in [5, 5.41) is 12.8. The van der Waals surface area contributed by atoms with Crippen molar-refractivity contribution in [2.45, 2.75) is 33.3 Å². The molecular weight excluding hydrogens is 286 g/mol. The summed E-state index contributed by atoms with van der Waals surface area (Å²) in [6.45, 7) is 6.95.